The number of guanidine groups is 1. The van der Waals surface area contributed by atoms with Crippen molar-refractivity contribution in [2.75, 3.05) is 26.7 Å². The van der Waals surface area contributed by atoms with E-state index in [4.69, 9.17) is 0 Å². The van der Waals surface area contributed by atoms with Gasteiger partial charge in [-0.1, -0.05) is 6.42 Å². The molecule has 0 spiro atoms. The van der Waals surface area contributed by atoms with Crippen LogP contribution in [0.4, 0.5) is 0 Å². The molecule has 1 unspecified atom stereocenters. The van der Waals surface area contributed by atoms with Crippen LogP contribution in [0.25, 0.3) is 0 Å². The molecule has 1 rings (SSSR count). The van der Waals surface area contributed by atoms with Crippen LogP contribution in [0, 0.1) is 0 Å². The molecule has 2 N–H and O–H groups in total. The monoisotopic (exact) mass is 240 g/mol. The Balaban J connectivity index is 2.21. The predicted molar refractivity (Wildman–Crippen MR) is 74.5 cm³/mol. The topological polar surface area (TPSA) is 39.7 Å². The molecule has 4 nitrogen and oxygen atoms in total. The SMILES string of the molecule is CN=C(NCCN1CCCCC1C)NC(C)C. The third kappa shape index (κ3) is 5.39. The highest BCUT2D eigenvalue weighted by Gasteiger charge is 2.17. The highest BCUT2D eigenvalue weighted by Crippen LogP contribution is 2.15. The van der Waals surface area contributed by atoms with Gasteiger partial charge in [-0.05, 0) is 40.2 Å². The van der Waals surface area contributed by atoms with E-state index < -0.39 is 0 Å². The highest BCUT2D eigenvalue weighted by molar-refractivity contribution is 5.79. The van der Waals surface area contributed by atoms with Crippen LogP contribution in [0.3, 0.4) is 0 Å². The minimum absolute atomic E-state index is 0.426. The number of nitrogens with one attached hydrogen (secondary N) is 2. The van der Waals surface area contributed by atoms with Gasteiger partial charge in [0, 0.05) is 32.2 Å². The van der Waals surface area contributed by atoms with Gasteiger partial charge in [0.2, 0.25) is 0 Å². The van der Waals surface area contributed by atoms with E-state index in [1.54, 1.807) is 0 Å². The molecule has 0 aromatic rings. The summed E-state index contributed by atoms with van der Waals surface area (Å²) < 4.78 is 0. The lowest BCUT2D eigenvalue weighted by molar-refractivity contribution is 0.163. The van der Waals surface area contributed by atoms with Crippen LogP contribution in [0.2, 0.25) is 0 Å². The normalized spacial score (nSPS) is 22.9. The fourth-order valence-corrected chi connectivity index (χ4v) is 2.28. The largest absolute Gasteiger partial charge is 0.355 e. The summed E-state index contributed by atoms with van der Waals surface area (Å²) in [4.78, 5) is 6.77. The van der Waals surface area contributed by atoms with E-state index in [9.17, 15) is 0 Å². The molecule has 0 aromatic heterocycles. The van der Waals surface area contributed by atoms with Crippen molar-refractivity contribution in [3.05, 3.63) is 0 Å². The summed E-state index contributed by atoms with van der Waals surface area (Å²) in [6.07, 6.45) is 4.09. The minimum Gasteiger partial charge on any atom is -0.355 e. The highest BCUT2D eigenvalue weighted by atomic mass is 15.2. The first-order valence-electron chi connectivity index (χ1n) is 6.84. The summed E-state index contributed by atoms with van der Waals surface area (Å²) in [5, 5.41) is 6.66. The van der Waals surface area contributed by atoms with Crippen molar-refractivity contribution in [2.45, 2.75) is 52.1 Å². The minimum atomic E-state index is 0.426. The number of piperidine rings is 1. The Kier molecular flexibility index (Phi) is 6.34. The number of hydrogen-bond donors (Lipinski definition) is 2. The Morgan fingerprint density at radius 2 is 2.18 bits per heavy atom. The molecule has 0 amide bonds. The maximum Gasteiger partial charge on any atom is 0.191 e. The van der Waals surface area contributed by atoms with Gasteiger partial charge in [-0.15, -0.1) is 0 Å². The lowest BCUT2D eigenvalue weighted by atomic mass is 10.0. The summed E-state index contributed by atoms with van der Waals surface area (Å²) in [5.41, 5.74) is 0. The van der Waals surface area contributed by atoms with Crippen LogP contribution < -0.4 is 10.6 Å². The number of aliphatic imine (C=N–C) groups is 1. The molecule has 1 atom stereocenters. The summed E-state index contributed by atoms with van der Waals surface area (Å²) >= 11 is 0. The maximum absolute atomic E-state index is 4.21. The quantitative estimate of drug-likeness (QED) is 0.577. The molecule has 0 aromatic carbocycles. The first-order valence-corrected chi connectivity index (χ1v) is 6.84. The molecule has 1 heterocycles. The molecule has 17 heavy (non-hydrogen) atoms. The first kappa shape index (κ1) is 14.3. The average molecular weight is 240 g/mol. The standard InChI is InChI=1S/C13H28N4/c1-11(2)16-13(14-4)15-8-10-17-9-6-5-7-12(17)3/h11-12H,5-10H2,1-4H3,(H2,14,15,16). The lowest BCUT2D eigenvalue weighted by Gasteiger charge is -2.33. The smallest absolute Gasteiger partial charge is 0.191 e. The molecule has 1 fully saturated rings. The molecule has 0 aliphatic carbocycles. The van der Waals surface area contributed by atoms with Crippen molar-refractivity contribution in [2.24, 2.45) is 4.99 Å². The zero-order valence-electron chi connectivity index (χ0n) is 11.8. The van der Waals surface area contributed by atoms with Crippen LogP contribution >= 0.6 is 0 Å². The van der Waals surface area contributed by atoms with Gasteiger partial charge >= 0.3 is 0 Å². The van der Waals surface area contributed by atoms with Gasteiger partial charge in [0.05, 0.1) is 0 Å². The molecule has 100 valence electrons. The van der Waals surface area contributed by atoms with Crippen LogP contribution in [-0.4, -0.2) is 49.6 Å². The first-order chi connectivity index (χ1) is 8.13. The summed E-state index contributed by atoms with van der Waals surface area (Å²) in [5.74, 6) is 0.907. The van der Waals surface area contributed by atoms with Crippen molar-refractivity contribution in [1.29, 1.82) is 0 Å². The van der Waals surface area contributed by atoms with E-state index in [1.165, 1.54) is 25.8 Å². The van der Waals surface area contributed by atoms with Gasteiger partial charge in [-0.2, -0.15) is 0 Å². The Morgan fingerprint density at radius 3 is 2.76 bits per heavy atom. The number of nitrogens with zero attached hydrogens (tertiary/aromatic N) is 2. The van der Waals surface area contributed by atoms with Crippen LogP contribution in [0.5, 0.6) is 0 Å². The average Bonchev–Trinajstić information content (AvgIpc) is 2.29. The molecular weight excluding hydrogens is 212 g/mol. The van der Waals surface area contributed by atoms with Gasteiger partial charge in [0.15, 0.2) is 5.96 Å². The van der Waals surface area contributed by atoms with Crippen molar-refractivity contribution >= 4 is 5.96 Å². The second-order valence-electron chi connectivity index (χ2n) is 5.18. The summed E-state index contributed by atoms with van der Waals surface area (Å²) in [6.45, 7) is 9.91. The number of likely N-dealkylation sites (tertiary alicyclic amines) is 1. The van der Waals surface area contributed by atoms with E-state index in [1.807, 2.05) is 7.05 Å². The Morgan fingerprint density at radius 1 is 1.41 bits per heavy atom. The van der Waals surface area contributed by atoms with Crippen molar-refractivity contribution in [3.63, 3.8) is 0 Å². The molecule has 0 radical (unpaired) electrons. The van der Waals surface area contributed by atoms with Gasteiger partial charge in [-0.25, -0.2) is 0 Å². The second kappa shape index (κ2) is 7.54. The molecule has 1 saturated heterocycles. The zero-order chi connectivity index (χ0) is 12.7. The van der Waals surface area contributed by atoms with Crippen LogP contribution in [-0.2, 0) is 0 Å². The maximum atomic E-state index is 4.21. The molecular formula is C13H28N4. The van der Waals surface area contributed by atoms with Crippen molar-refractivity contribution < 1.29 is 0 Å². The van der Waals surface area contributed by atoms with Crippen molar-refractivity contribution in [1.82, 2.24) is 15.5 Å². The fraction of sp³-hybridized carbons (Fsp3) is 0.923. The Bertz CT molecular complexity index is 238. The number of rotatable bonds is 4. The fourth-order valence-electron chi connectivity index (χ4n) is 2.28. The van der Waals surface area contributed by atoms with Gasteiger partial charge in [0.1, 0.15) is 0 Å². The van der Waals surface area contributed by atoms with E-state index in [0.29, 0.717) is 6.04 Å². The lowest BCUT2D eigenvalue weighted by Crippen LogP contribution is -2.46. The Labute approximate surface area is 106 Å². The molecule has 0 bridgehead atoms. The molecule has 1 aliphatic heterocycles. The van der Waals surface area contributed by atoms with Gasteiger partial charge < -0.3 is 10.6 Å². The zero-order valence-corrected chi connectivity index (χ0v) is 11.8. The Hall–Kier alpha value is -0.770. The van der Waals surface area contributed by atoms with E-state index in [0.717, 1.165) is 25.1 Å². The molecule has 1 aliphatic rings. The summed E-state index contributed by atoms with van der Waals surface area (Å²) in [7, 11) is 1.82. The third-order valence-corrected chi connectivity index (χ3v) is 3.28. The predicted octanol–water partition coefficient (Wildman–Crippen LogP) is 1.43. The van der Waals surface area contributed by atoms with Gasteiger partial charge in [0.25, 0.3) is 0 Å². The van der Waals surface area contributed by atoms with Crippen LogP contribution in [0.1, 0.15) is 40.0 Å². The third-order valence-electron chi connectivity index (χ3n) is 3.28. The van der Waals surface area contributed by atoms with Crippen LogP contribution in [0.15, 0.2) is 4.99 Å². The number of hydrogen-bond acceptors (Lipinski definition) is 2. The molecule has 0 saturated carbocycles. The molecule has 4 heteroatoms. The van der Waals surface area contributed by atoms with E-state index >= 15 is 0 Å². The second-order valence-corrected chi connectivity index (χ2v) is 5.18. The van der Waals surface area contributed by atoms with Crippen molar-refractivity contribution in [3.8, 4) is 0 Å². The summed E-state index contributed by atoms with van der Waals surface area (Å²) in [6, 6.07) is 1.17. The van der Waals surface area contributed by atoms with Gasteiger partial charge in [-0.3, -0.25) is 9.89 Å². The van der Waals surface area contributed by atoms with E-state index in [2.05, 4.69) is 41.3 Å². The van der Waals surface area contributed by atoms with E-state index in [-0.39, 0.29) is 0 Å².